The molecule has 0 saturated carbocycles. The lowest BCUT2D eigenvalue weighted by Crippen LogP contribution is -2.35. The van der Waals surface area contributed by atoms with Crippen LogP contribution in [0.1, 0.15) is 32.6 Å². The Balaban J connectivity index is 1.86. The van der Waals surface area contributed by atoms with Crippen LogP contribution in [0.5, 0.6) is 5.75 Å². The number of amides is 1. The van der Waals surface area contributed by atoms with Crippen LogP contribution >= 0.6 is 0 Å². The highest BCUT2D eigenvalue weighted by Gasteiger charge is 2.28. The van der Waals surface area contributed by atoms with Gasteiger partial charge in [0, 0.05) is 19.7 Å². The zero-order chi connectivity index (χ0) is 18.6. The number of sulfonamides is 1. The Morgan fingerprint density at radius 1 is 1.31 bits per heavy atom. The van der Waals surface area contributed by atoms with Gasteiger partial charge in [0.1, 0.15) is 5.75 Å². The van der Waals surface area contributed by atoms with E-state index in [0.717, 1.165) is 19.3 Å². The van der Waals surface area contributed by atoms with Gasteiger partial charge in [0.05, 0.1) is 29.7 Å². The van der Waals surface area contributed by atoms with E-state index in [1.807, 2.05) is 6.92 Å². The van der Waals surface area contributed by atoms with Crippen LogP contribution in [0.2, 0.25) is 0 Å². The summed E-state index contributed by atoms with van der Waals surface area (Å²) >= 11 is 0. The fraction of sp³-hybridized carbons (Fsp3) is 0.611. The number of hydrogen-bond acceptors (Lipinski definition) is 5. The monoisotopic (exact) mass is 382 g/mol. The zero-order valence-corrected chi connectivity index (χ0v) is 15.9. The first kappa shape index (κ1) is 19.1. The molecule has 1 atom stereocenters. The molecule has 1 amide bonds. The Bertz CT molecular complexity index is 738. The van der Waals surface area contributed by atoms with Crippen LogP contribution < -0.4 is 10.1 Å². The Kier molecular flexibility index (Phi) is 6.16. The molecular weight excluding hydrogens is 356 g/mol. The van der Waals surface area contributed by atoms with Crippen LogP contribution in [0.4, 0.5) is 5.69 Å². The maximum atomic E-state index is 12.9. The SMILES string of the molecule is CCOc1ccc(S(=O)(=O)N2CCCCC2)cc1NC(=O)C1CCOC1. The molecule has 1 unspecified atom stereocenters. The zero-order valence-electron chi connectivity index (χ0n) is 15.1. The van der Waals surface area contributed by atoms with Crippen LogP contribution in [0, 0.1) is 5.92 Å². The van der Waals surface area contributed by atoms with Crippen molar-refractivity contribution in [3.8, 4) is 5.75 Å². The minimum absolute atomic E-state index is 0.170. The fourth-order valence-electron chi connectivity index (χ4n) is 3.28. The number of carbonyl (C=O) groups is 1. The lowest BCUT2D eigenvalue weighted by molar-refractivity contribution is -0.119. The Hall–Kier alpha value is -1.64. The summed E-state index contributed by atoms with van der Waals surface area (Å²) in [4.78, 5) is 12.6. The van der Waals surface area contributed by atoms with E-state index in [9.17, 15) is 13.2 Å². The van der Waals surface area contributed by atoms with E-state index in [1.165, 1.54) is 10.4 Å². The van der Waals surface area contributed by atoms with Gasteiger partial charge in [0.2, 0.25) is 15.9 Å². The third-order valence-electron chi connectivity index (χ3n) is 4.76. The molecule has 26 heavy (non-hydrogen) atoms. The molecule has 0 aromatic heterocycles. The van der Waals surface area contributed by atoms with Crippen LogP contribution in [0.15, 0.2) is 23.1 Å². The molecule has 1 aromatic carbocycles. The minimum Gasteiger partial charge on any atom is -0.492 e. The molecule has 2 saturated heterocycles. The second-order valence-electron chi connectivity index (χ2n) is 6.61. The molecule has 3 rings (SSSR count). The summed E-state index contributed by atoms with van der Waals surface area (Å²) in [5, 5.41) is 2.83. The molecule has 1 aromatic rings. The average Bonchev–Trinajstić information content (AvgIpc) is 3.19. The van der Waals surface area contributed by atoms with Crippen molar-refractivity contribution in [2.75, 3.05) is 38.2 Å². The topological polar surface area (TPSA) is 84.9 Å². The first-order valence-corrected chi connectivity index (χ1v) is 10.6. The van der Waals surface area contributed by atoms with Crippen molar-refractivity contribution in [2.24, 2.45) is 5.92 Å². The minimum atomic E-state index is -3.57. The van der Waals surface area contributed by atoms with E-state index >= 15 is 0 Å². The van der Waals surface area contributed by atoms with Gasteiger partial charge in [-0.1, -0.05) is 6.42 Å². The standard InChI is InChI=1S/C18H26N2O5S/c1-2-25-17-7-6-15(26(22,23)20-9-4-3-5-10-20)12-16(17)19-18(21)14-8-11-24-13-14/h6-7,12,14H,2-5,8-11,13H2,1H3,(H,19,21). The fourth-order valence-corrected chi connectivity index (χ4v) is 4.82. The highest BCUT2D eigenvalue weighted by Crippen LogP contribution is 2.31. The van der Waals surface area contributed by atoms with Gasteiger partial charge < -0.3 is 14.8 Å². The molecule has 2 fully saturated rings. The largest absolute Gasteiger partial charge is 0.492 e. The van der Waals surface area contributed by atoms with Gasteiger partial charge in [-0.3, -0.25) is 4.79 Å². The Morgan fingerprint density at radius 3 is 2.73 bits per heavy atom. The van der Waals surface area contributed by atoms with Gasteiger partial charge in [-0.05, 0) is 44.4 Å². The number of carbonyl (C=O) groups excluding carboxylic acids is 1. The maximum absolute atomic E-state index is 12.9. The van der Waals surface area contributed by atoms with Crippen LogP contribution in [0.25, 0.3) is 0 Å². The number of nitrogens with zero attached hydrogens (tertiary/aromatic N) is 1. The lowest BCUT2D eigenvalue weighted by atomic mass is 10.1. The van der Waals surface area contributed by atoms with Crippen LogP contribution in [-0.4, -0.2) is 51.5 Å². The van der Waals surface area contributed by atoms with Crippen molar-refractivity contribution < 1.29 is 22.7 Å². The molecule has 8 heteroatoms. The van der Waals surface area contributed by atoms with Crippen LogP contribution in [-0.2, 0) is 19.6 Å². The van der Waals surface area contributed by atoms with Crippen LogP contribution in [0.3, 0.4) is 0 Å². The van der Waals surface area contributed by atoms with Crippen molar-refractivity contribution in [3.63, 3.8) is 0 Å². The number of benzene rings is 1. The molecule has 144 valence electrons. The number of piperidine rings is 1. The molecule has 1 N–H and O–H groups in total. The second-order valence-corrected chi connectivity index (χ2v) is 8.54. The predicted molar refractivity (Wildman–Crippen MR) is 97.8 cm³/mol. The highest BCUT2D eigenvalue weighted by molar-refractivity contribution is 7.89. The number of ether oxygens (including phenoxy) is 2. The summed E-state index contributed by atoms with van der Waals surface area (Å²) in [6.45, 7) is 4.30. The van der Waals surface area contributed by atoms with Crippen molar-refractivity contribution in [1.29, 1.82) is 0 Å². The van der Waals surface area contributed by atoms with Crippen molar-refractivity contribution >= 4 is 21.6 Å². The molecule has 2 aliphatic rings. The first-order chi connectivity index (χ1) is 12.5. The molecule has 0 aliphatic carbocycles. The van der Waals surface area contributed by atoms with Gasteiger partial charge in [-0.2, -0.15) is 4.31 Å². The van der Waals surface area contributed by atoms with Crippen molar-refractivity contribution in [2.45, 2.75) is 37.5 Å². The Morgan fingerprint density at radius 2 is 2.08 bits per heavy atom. The second kappa shape index (κ2) is 8.37. The summed E-state index contributed by atoms with van der Waals surface area (Å²) in [6.07, 6.45) is 3.48. The summed E-state index contributed by atoms with van der Waals surface area (Å²) in [5.74, 6) is 0.0835. The first-order valence-electron chi connectivity index (χ1n) is 9.18. The molecule has 0 bridgehead atoms. The van der Waals surface area contributed by atoms with Gasteiger partial charge in [-0.25, -0.2) is 8.42 Å². The normalized spacial score (nSPS) is 21.5. The van der Waals surface area contributed by atoms with E-state index in [-0.39, 0.29) is 16.7 Å². The number of hydrogen-bond donors (Lipinski definition) is 1. The molecule has 2 heterocycles. The third kappa shape index (κ3) is 4.19. The molecule has 0 spiro atoms. The van der Waals surface area contributed by atoms with Crippen molar-refractivity contribution in [3.05, 3.63) is 18.2 Å². The molecule has 7 nitrogen and oxygen atoms in total. The summed E-state index contributed by atoms with van der Waals surface area (Å²) < 4.78 is 38.1. The van der Waals surface area contributed by atoms with Gasteiger partial charge in [-0.15, -0.1) is 0 Å². The van der Waals surface area contributed by atoms with Gasteiger partial charge in [0.25, 0.3) is 0 Å². The van der Waals surface area contributed by atoms with Crippen molar-refractivity contribution in [1.82, 2.24) is 4.31 Å². The molecule has 0 radical (unpaired) electrons. The smallest absolute Gasteiger partial charge is 0.243 e. The lowest BCUT2D eigenvalue weighted by Gasteiger charge is -2.26. The van der Waals surface area contributed by atoms with Gasteiger partial charge in [0.15, 0.2) is 0 Å². The molecule has 2 aliphatic heterocycles. The Labute approximate surface area is 154 Å². The summed E-state index contributed by atoms with van der Waals surface area (Å²) in [5.41, 5.74) is 0.391. The third-order valence-corrected chi connectivity index (χ3v) is 6.66. The highest BCUT2D eigenvalue weighted by atomic mass is 32.2. The quantitative estimate of drug-likeness (QED) is 0.816. The number of anilines is 1. The van der Waals surface area contributed by atoms with E-state index in [2.05, 4.69) is 5.32 Å². The molecular formula is C18H26N2O5S. The number of rotatable bonds is 6. The van der Waals surface area contributed by atoms with E-state index in [0.29, 0.717) is 50.8 Å². The average molecular weight is 382 g/mol. The predicted octanol–water partition coefficient (Wildman–Crippen LogP) is 2.23. The van der Waals surface area contributed by atoms with E-state index in [1.54, 1.807) is 12.1 Å². The summed E-state index contributed by atoms with van der Waals surface area (Å²) in [6, 6.07) is 4.66. The summed E-state index contributed by atoms with van der Waals surface area (Å²) in [7, 11) is -3.57. The van der Waals surface area contributed by atoms with E-state index in [4.69, 9.17) is 9.47 Å². The maximum Gasteiger partial charge on any atom is 0.243 e. The van der Waals surface area contributed by atoms with E-state index < -0.39 is 10.0 Å². The van der Waals surface area contributed by atoms with Gasteiger partial charge >= 0.3 is 0 Å². The number of nitrogens with one attached hydrogen (secondary N) is 1.